The topological polar surface area (TPSA) is 171 Å². The molecular formula is C16H22N4O6. The molecule has 0 saturated heterocycles. The van der Waals surface area contributed by atoms with Gasteiger partial charge in [-0.2, -0.15) is 0 Å². The maximum atomic E-state index is 12.4. The molecule has 10 nitrogen and oxygen atoms in total. The lowest BCUT2D eigenvalue weighted by molar-refractivity contribution is -0.138. The number of aliphatic hydroxyl groups is 1. The van der Waals surface area contributed by atoms with E-state index in [0.29, 0.717) is 0 Å². The molecule has 142 valence electrons. The van der Waals surface area contributed by atoms with Gasteiger partial charge >= 0.3 is 5.97 Å². The second kappa shape index (κ2) is 10.8. The van der Waals surface area contributed by atoms with Crippen molar-refractivity contribution >= 4 is 23.7 Å². The monoisotopic (exact) mass is 366 g/mol. The van der Waals surface area contributed by atoms with Crippen molar-refractivity contribution in [3.63, 3.8) is 0 Å². The molecule has 0 aliphatic carbocycles. The molecule has 3 amide bonds. The average Bonchev–Trinajstić information content (AvgIpc) is 2.63. The number of carbonyl (C=O) groups excluding carboxylic acids is 3. The smallest absolute Gasteiger partial charge is 0.322 e. The summed E-state index contributed by atoms with van der Waals surface area (Å²) in [6, 6.07) is 6.49. The van der Waals surface area contributed by atoms with Gasteiger partial charge in [-0.05, 0) is 5.56 Å². The minimum Gasteiger partial charge on any atom is -0.480 e. The Kier molecular flexibility index (Phi) is 8.75. The van der Waals surface area contributed by atoms with E-state index in [1.807, 2.05) is 0 Å². The second-order valence-corrected chi connectivity index (χ2v) is 5.37. The number of nitrogens with two attached hydrogens (primary N) is 1. The van der Waals surface area contributed by atoms with Gasteiger partial charge in [-0.15, -0.1) is 0 Å². The fraction of sp³-hybridized carbons (Fsp3) is 0.375. The molecule has 0 unspecified atom stereocenters. The van der Waals surface area contributed by atoms with Gasteiger partial charge < -0.3 is 31.9 Å². The van der Waals surface area contributed by atoms with Crippen molar-refractivity contribution in [1.82, 2.24) is 16.0 Å². The zero-order valence-corrected chi connectivity index (χ0v) is 14.0. The van der Waals surface area contributed by atoms with Crippen LogP contribution in [0.25, 0.3) is 0 Å². The first-order chi connectivity index (χ1) is 12.4. The van der Waals surface area contributed by atoms with Gasteiger partial charge in [0.1, 0.15) is 18.6 Å². The number of benzene rings is 1. The standard InChI is InChI=1S/C16H22N4O6/c17-7-13(22)19-11(6-10-4-2-1-3-5-10)16(26)20-12(9-21)15(25)18-8-14(23)24/h1-5,11-12,21H,6-9,17H2,(H,18,25)(H,19,22)(H,20,26)(H,23,24)/t11-,12-/m0/s1. The highest BCUT2D eigenvalue weighted by Gasteiger charge is 2.26. The minimum atomic E-state index is -1.35. The summed E-state index contributed by atoms with van der Waals surface area (Å²) in [5, 5.41) is 24.6. The van der Waals surface area contributed by atoms with Crippen LogP contribution >= 0.6 is 0 Å². The average molecular weight is 366 g/mol. The van der Waals surface area contributed by atoms with E-state index in [1.54, 1.807) is 30.3 Å². The minimum absolute atomic E-state index is 0.146. The maximum absolute atomic E-state index is 12.4. The van der Waals surface area contributed by atoms with Crippen molar-refractivity contribution < 1.29 is 29.4 Å². The Morgan fingerprint density at radius 1 is 1.00 bits per heavy atom. The molecule has 0 spiro atoms. The fourth-order valence-corrected chi connectivity index (χ4v) is 2.06. The molecule has 0 saturated carbocycles. The second-order valence-electron chi connectivity index (χ2n) is 5.37. The molecule has 2 atom stereocenters. The lowest BCUT2D eigenvalue weighted by atomic mass is 10.0. The summed E-state index contributed by atoms with van der Waals surface area (Å²) in [4.78, 5) is 46.3. The lowest BCUT2D eigenvalue weighted by Crippen LogP contribution is -2.56. The molecule has 0 aliphatic heterocycles. The van der Waals surface area contributed by atoms with Crippen LogP contribution in [0.15, 0.2) is 30.3 Å². The maximum Gasteiger partial charge on any atom is 0.322 e. The molecule has 7 N–H and O–H groups in total. The number of rotatable bonds is 10. The van der Waals surface area contributed by atoms with Crippen LogP contribution in [0.4, 0.5) is 0 Å². The van der Waals surface area contributed by atoms with E-state index in [4.69, 9.17) is 10.8 Å². The van der Waals surface area contributed by atoms with Gasteiger partial charge in [0, 0.05) is 6.42 Å². The largest absolute Gasteiger partial charge is 0.480 e. The number of amides is 3. The number of carbonyl (C=O) groups is 4. The number of carboxylic acids is 1. The number of aliphatic carboxylic acids is 1. The first-order valence-electron chi connectivity index (χ1n) is 7.81. The normalized spacial score (nSPS) is 12.5. The van der Waals surface area contributed by atoms with E-state index < -0.39 is 48.9 Å². The van der Waals surface area contributed by atoms with Gasteiger partial charge in [0.25, 0.3) is 0 Å². The van der Waals surface area contributed by atoms with Gasteiger partial charge in [0.2, 0.25) is 17.7 Å². The summed E-state index contributed by atoms with van der Waals surface area (Å²) in [7, 11) is 0. The summed E-state index contributed by atoms with van der Waals surface area (Å²) >= 11 is 0. The number of nitrogens with one attached hydrogen (secondary N) is 3. The fourth-order valence-electron chi connectivity index (χ4n) is 2.06. The highest BCUT2D eigenvalue weighted by atomic mass is 16.4. The van der Waals surface area contributed by atoms with Crippen molar-refractivity contribution in [2.75, 3.05) is 19.7 Å². The zero-order chi connectivity index (χ0) is 19.5. The third-order valence-corrected chi connectivity index (χ3v) is 3.35. The Morgan fingerprint density at radius 2 is 1.65 bits per heavy atom. The van der Waals surface area contributed by atoms with E-state index in [0.717, 1.165) is 5.56 Å². The molecule has 26 heavy (non-hydrogen) atoms. The SMILES string of the molecule is NCC(=O)N[C@@H](Cc1ccccc1)C(=O)N[C@@H](CO)C(=O)NCC(=O)O. The highest BCUT2D eigenvalue weighted by Crippen LogP contribution is 2.04. The van der Waals surface area contributed by atoms with E-state index in [-0.39, 0.29) is 13.0 Å². The molecule has 0 aromatic heterocycles. The molecule has 1 rings (SSSR count). The van der Waals surface area contributed by atoms with Crippen LogP contribution in [0.3, 0.4) is 0 Å². The van der Waals surface area contributed by atoms with E-state index >= 15 is 0 Å². The van der Waals surface area contributed by atoms with Crippen molar-refractivity contribution in [2.45, 2.75) is 18.5 Å². The van der Waals surface area contributed by atoms with Crippen LogP contribution in [0.1, 0.15) is 5.56 Å². The Labute approximate surface area is 149 Å². The molecule has 0 fully saturated rings. The zero-order valence-electron chi connectivity index (χ0n) is 14.0. The molecule has 10 heteroatoms. The molecule has 0 heterocycles. The first kappa shape index (κ1) is 21.1. The lowest BCUT2D eigenvalue weighted by Gasteiger charge is -2.22. The van der Waals surface area contributed by atoms with Gasteiger partial charge in [-0.1, -0.05) is 30.3 Å². The van der Waals surface area contributed by atoms with Gasteiger partial charge in [-0.3, -0.25) is 19.2 Å². The van der Waals surface area contributed by atoms with Crippen molar-refractivity contribution in [2.24, 2.45) is 5.73 Å². The van der Waals surface area contributed by atoms with Gasteiger partial charge in [0.15, 0.2) is 0 Å². The van der Waals surface area contributed by atoms with Crippen LogP contribution < -0.4 is 21.7 Å². The molecular weight excluding hydrogens is 344 g/mol. The van der Waals surface area contributed by atoms with Gasteiger partial charge in [-0.25, -0.2) is 0 Å². The number of aliphatic hydroxyl groups excluding tert-OH is 1. The Hall–Kier alpha value is -2.98. The molecule has 1 aromatic carbocycles. The van der Waals surface area contributed by atoms with E-state index in [2.05, 4.69) is 16.0 Å². The van der Waals surface area contributed by atoms with Crippen LogP contribution in [-0.4, -0.2) is 65.7 Å². The predicted molar refractivity (Wildman–Crippen MR) is 90.8 cm³/mol. The third-order valence-electron chi connectivity index (χ3n) is 3.35. The summed E-state index contributed by atoms with van der Waals surface area (Å²) < 4.78 is 0. The molecule has 0 aliphatic rings. The van der Waals surface area contributed by atoms with Gasteiger partial charge in [0.05, 0.1) is 13.2 Å². The van der Waals surface area contributed by atoms with Crippen molar-refractivity contribution in [3.05, 3.63) is 35.9 Å². The molecule has 1 aromatic rings. The number of hydrogen-bond acceptors (Lipinski definition) is 6. The van der Waals surface area contributed by atoms with E-state index in [9.17, 15) is 24.3 Å². The highest BCUT2D eigenvalue weighted by molar-refractivity contribution is 5.93. The summed E-state index contributed by atoms with van der Waals surface area (Å²) in [5.74, 6) is -3.39. The molecule has 0 bridgehead atoms. The Morgan fingerprint density at radius 3 is 2.19 bits per heavy atom. The molecule has 0 radical (unpaired) electrons. The summed E-state index contributed by atoms with van der Waals surface area (Å²) in [6.07, 6.45) is 0.146. The number of carboxylic acid groups (broad SMARTS) is 1. The summed E-state index contributed by atoms with van der Waals surface area (Å²) in [5.41, 5.74) is 6.02. The third kappa shape index (κ3) is 7.28. The van der Waals surface area contributed by atoms with Crippen molar-refractivity contribution in [1.29, 1.82) is 0 Å². The predicted octanol–water partition coefficient (Wildman–Crippen LogP) is -2.65. The van der Waals surface area contributed by atoms with Crippen LogP contribution in [0.5, 0.6) is 0 Å². The Balaban J connectivity index is 2.80. The summed E-state index contributed by atoms with van der Waals surface area (Å²) in [6.45, 7) is -1.70. The van der Waals surface area contributed by atoms with Crippen molar-refractivity contribution in [3.8, 4) is 0 Å². The quantitative estimate of drug-likeness (QED) is 0.262. The van der Waals surface area contributed by atoms with Crippen LogP contribution in [0, 0.1) is 0 Å². The van der Waals surface area contributed by atoms with Crippen LogP contribution in [-0.2, 0) is 25.6 Å². The number of hydrogen-bond donors (Lipinski definition) is 6. The van der Waals surface area contributed by atoms with Crippen LogP contribution in [0.2, 0.25) is 0 Å². The van der Waals surface area contributed by atoms with E-state index in [1.165, 1.54) is 0 Å². The first-order valence-corrected chi connectivity index (χ1v) is 7.81. The Bertz CT molecular complexity index is 637.